The summed E-state index contributed by atoms with van der Waals surface area (Å²) in [6.07, 6.45) is 1.63. The summed E-state index contributed by atoms with van der Waals surface area (Å²) in [7, 11) is 0. The Morgan fingerprint density at radius 3 is 2.82 bits per heavy atom. The van der Waals surface area contributed by atoms with Crippen molar-refractivity contribution >= 4 is 5.69 Å². The standard InChI is InChI=1S/C13H13FN2O/c1-9-4-3-7-16-13(9)17-8-10-11(14)5-2-6-12(10)15/h2-7H,8,15H2,1H3. The van der Waals surface area contributed by atoms with Crippen molar-refractivity contribution in [1.82, 2.24) is 4.98 Å². The second-order valence-corrected chi connectivity index (χ2v) is 3.72. The lowest BCUT2D eigenvalue weighted by Crippen LogP contribution is -2.04. The Kier molecular flexibility index (Phi) is 3.23. The largest absolute Gasteiger partial charge is 0.472 e. The predicted molar refractivity (Wildman–Crippen MR) is 64.1 cm³/mol. The van der Waals surface area contributed by atoms with Crippen LogP contribution in [-0.2, 0) is 6.61 Å². The number of rotatable bonds is 3. The Balaban J connectivity index is 2.16. The third-order valence-corrected chi connectivity index (χ3v) is 2.47. The number of hydrogen-bond donors (Lipinski definition) is 1. The van der Waals surface area contributed by atoms with Gasteiger partial charge in [-0.2, -0.15) is 0 Å². The molecule has 0 fully saturated rings. The zero-order valence-corrected chi connectivity index (χ0v) is 9.48. The van der Waals surface area contributed by atoms with E-state index < -0.39 is 0 Å². The molecule has 1 heterocycles. The van der Waals surface area contributed by atoms with Gasteiger partial charge in [0.25, 0.3) is 0 Å². The number of anilines is 1. The Hall–Kier alpha value is -2.10. The van der Waals surface area contributed by atoms with Gasteiger partial charge in [0.1, 0.15) is 12.4 Å². The SMILES string of the molecule is Cc1cccnc1OCc1c(N)cccc1F. The van der Waals surface area contributed by atoms with Crippen molar-refractivity contribution in [3.8, 4) is 5.88 Å². The minimum atomic E-state index is -0.362. The monoisotopic (exact) mass is 232 g/mol. The molecule has 0 aliphatic carbocycles. The molecule has 0 bridgehead atoms. The molecule has 0 spiro atoms. The van der Waals surface area contributed by atoms with E-state index in [-0.39, 0.29) is 12.4 Å². The number of benzene rings is 1. The molecule has 0 unspecified atom stereocenters. The Morgan fingerprint density at radius 1 is 1.29 bits per heavy atom. The summed E-state index contributed by atoms with van der Waals surface area (Å²) < 4.78 is 18.9. The Bertz CT molecular complexity index is 508. The molecule has 1 aromatic carbocycles. The number of nitrogens with two attached hydrogens (primary N) is 1. The van der Waals surface area contributed by atoms with Crippen molar-refractivity contribution in [3.63, 3.8) is 0 Å². The van der Waals surface area contributed by atoms with Crippen molar-refractivity contribution < 1.29 is 9.13 Å². The van der Waals surface area contributed by atoms with Gasteiger partial charge >= 0.3 is 0 Å². The molecular formula is C13H13FN2O. The van der Waals surface area contributed by atoms with E-state index in [9.17, 15) is 4.39 Å². The molecule has 2 aromatic rings. The highest BCUT2D eigenvalue weighted by Gasteiger charge is 2.08. The van der Waals surface area contributed by atoms with E-state index >= 15 is 0 Å². The second-order valence-electron chi connectivity index (χ2n) is 3.72. The fourth-order valence-electron chi connectivity index (χ4n) is 1.49. The predicted octanol–water partition coefficient (Wildman–Crippen LogP) is 2.69. The molecule has 0 amide bonds. The van der Waals surface area contributed by atoms with E-state index in [1.807, 2.05) is 19.1 Å². The molecule has 1 aromatic heterocycles. The average Bonchev–Trinajstić information content (AvgIpc) is 2.30. The first-order valence-corrected chi connectivity index (χ1v) is 5.26. The van der Waals surface area contributed by atoms with Crippen molar-refractivity contribution in [3.05, 3.63) is 53.5 Å². The van der Waals surface area contributed by atoms with E-state index in [0.29, 0.717) is 17.1 Å². The van der Waals surface area contributed by atoms with Gasteiger partial charge in [-0.3, -0.25) is 0 Å². The third-order valence-electron chi connectivity index (χ3n) is 2.47. The van der Waals surface area contributed by atoms with Crippen LogP contribution in [0.4, 0.5) is 10.1 Å². The van der Waals surface area contributed by atoms with Crippen LogP contribution in [0.1, 0.15) is 11.1 Å². The van der Waals surface area contributed by atoms with Gasteiger partial charge in [-0.25, -0.2) is 9.37 Å². The highest BCUT2D eigenvalue weighted by molar-refractivity contribution is 5.47. The number of halogens is 1. The highest BCUT2D eigenvalue weighted by atomic mass is 19.1. The van der Waals surface area contributed by atoms with Gasteiger partial charge in [0.2, 0.25) is 5.88 Å². The fraction of sp³-hybridized carbons (Fsp3) is 0.154. The number of ether oxygens (including phenoxy) is 1. The smallest absolute Gasteiger partial charge is 0.216 e. The Labute approximate surface area is 99.1 Å². The van der Waals surface area contributed by atoms with E-state index in [1.54, 1.807) is 18.3 Å². The molecule has 0 aliphatic heterocycles. The number of pyridine rings is 1. The first-order chi connectivity index (χ1) is 8.18. The van der Waals surface area contributed by atoms with Gasteiger partial charge < -0.3 is 10.5 Å². The first-order valence-electron chi connectivity index (χ1n) is 5.26. The van der Waals surface area contributed by atoms with Crippen LogP contribution in [0.2, 0.25) is 0 Å². The molecule has 0 aliphatic rings. The van der Waals surface area contributed by atoms with Crippen LogP contribution in [0.3, 0.4) is 0 Å². The summed E-state index contributed by atoms with van der Waals surface area (Å²) in [5.74, 6) is 0.133. The quantitative estimate of drug-likeness (QED) is 0.828. The van der Waals surface area contributed by atoms with Crippen molar-refractivity contribution in [1.29, 1.82) is 0 Å². The van der Waals surface area contributed by atoms with E-state index in [2.05, 4.69) is 4.98 Å². The molecule has 4 heteroatoms. The zero-order chi connectivity index (χ0) is 12.3. The molecule has 3 nitrogen and oxygen atoms in total. The maximum absolute atomic E-state index is 13.5. The van der Waals surface area contributed by atoms with Gasteiger partial charge in [0.05, 0.1) is 0 Å². The van der Waals surface area contributed by atoms with Gasteiger partial charge in [-0.1, -0.05) is 12.1 Å². The lowest BCUT2D eigenvalue weighted by atomic mass is 10.2. The van der Waals surface area contributed by atoms with Gasteiger partial charge in [0, 0.05) is 23.0 Å². The van der Waals surface area contributed by atoms with E-state index in [0.717, 1.165) is 5.56 Å². The highest BCUT2D eigenvalue weighted by Crippen LogP contribution is 2.19. The number of nitrogens with zero attached hydrogens (tertiary/aromatic N) is 1. The number of nitrogen functional groups attached to an aromatic ring is 1. The molecule has 0 saturated heterocycles. The van der Waals surface area contributed by atoms with Crippen LogP contribution in [0.15, 0.2) is 36.5 Å². The van der Waals surface area contributed by atoms with Crippen LogP contribution >= 0.6 is 0 Å². The van der Waals surface area contributed by atoms with E-state index in [4.69, 9.17) is 10.5 Å². The first kappa shape index (κ1) is 11.4. The number of aromatic nitrogens is 1. The van der Waals surface area contributed by atoms with Gasteiger partial charge in [-0.15, -0.1) is 0 Å². The molecule has 0 atom stereocenters. The minimum absolute atomic E-state index is 0.0797. The summed E-state index contributed by atoms with van der Waals surface area (Å²) in [6, 6.07) is 8.28. The Morgan fingerprint density at radius 2 is 2.12 bits per heavy atom. The summed E-state index contributed by atoms with van der Waals surface area (Å²) in [5.41, 5.74) is 7.33. The van der Waals surface area contributed by atoms with Crippen molar-refractivity contribution in [2.45, 2.75) is 13.5 Å². The molecule has 88 valence electrons. The summed E-state index contributed by atoms with van der Waals surface area (Å²) in [4.78, 5) is 4.07. The molecule has 0 radical (unpaired) electrons. The summed E-state index contributed by atoms with van der Waals surface area (Å²) >= 11 is 0. The number of aryl methyl sites for hydroxylation is 1. The average molecular weight is 232 g/mol. The molecule has 2 N–H and O–H groups in total. The summed E-state index contributed by atoms with van der Waals surface area (Å²) in [5, 5.41) is 0. The van der Waals surface area contributed by atoms with E-state index in [1.165, 1.54) is 6.07 Å². The topological polar surface area (TPSA) is 48.1 Å². The summed E-state index contributed by atoms with van der Waals surface area (Å²) in [6.45, 7) is 1.96. The maximum Gasteiger partial charge on any atom is 0.216 e. The van der Waals surface area contributed by atoms with Gasteiger partial charge in [0.15, 0.2) is 0 Å². The van der Waals surface area contributed by atoms with Gasteiger partial charge in [-0.05, 0) is 25.1 Å². The number of hydrogen-bond acceptors (Lipinski definition) is 3. The third kappa shape index (κ3) is 2.53. The van der Waals surface area contributed by atoms with Crippen molar-refractivity contribution in [2.75, 3.05) is 5.73 Å². The normalized spacial score (nSPS) is 10.2. The maximum atomic E-state index is 13.5. The lowest BCUT2D eigenvalue weighted by molar-refractivity contribution is 0.286. The zero-order valence-electron chi connectivity index (χ0n) is 9.48. The van der Waals surface area contributed by atoms with Crippen molar-refractivity contribution in [2.24, 2.45) is 0 Å². The van der Waals surface area contributed by atoms with Crippen LogP contribution in [0.5, 0.6) is 5.88 Å². The molecular weight excluding hydrogens is 219 g/mol. The van der Waals surface area contributed by atoms with Crippen LogP contribution in [0, 0.1) is 12.7 Å². The second kappa shape index (κ2) is 4.82. The lowest BCUT2D eigenvalue weighted by Gasteiger charge is -2.10. The molecule has 0 saturated carbocycles. The fourth-order valence-corrected chi connectivity index (χ4v) is 1.49. The van der Waals surface area contributed by atoms with Crippen LogP contribution in [-0.4, -0.2) is 4.98 Å². The molecule has 2 rings (SSSR count). The van der Waals surface area contributed by atoms with Crippen LogP contribution < -0.4 is 10.5 Å². The molecule has 17 heavy (non-hydrogen) atoms. The van der Waals surface area contributed by atoms with Crippen LogP contribution in [0.25, 0.3) is 0 Å². The minimum Gasteiger partial charge on any atom is -0.472 e.